The average Bonchev–Trinajstić information content (AvgIpc) is 3.09. The molecule has 0 unspecified atom stereocenters. The van der Waals surface area contributed by atoms with Gasteiger partial charge in [0, 0.05) is 16.5 Å². The van der Waals surface area contributed by atoms with E-state index >= 15 is 0 Å². The third-order valence-electron chi connectivity index (χ3n) is 6.22. The van der Waals surface area contributed by atoms with E-state index in [0.29, 0.717) is 11.2 Å². The molecule has 6 rings (SSSR count). The molecule has 0 saturated carbocycles. The number of urea groups is 1. The van der Waals surface area contributed by atoms with Gasteiger partial charge in [-0.25, -0.2) is 4.79 Å². The van der Waals surface area contributed by atoms with Gasteiger partial charge in [-0.05, 0) is 52.7 Å². The van der Waals surface area contributed by atoms with Crippen LogP contribution in [0.1, 0.15) is 6.92 Å². The van der Waals surface area contributed by atoms with E-state index in [4.69, 9.17) is 12.9 Å². The molecule has 0 aliphatic rings. The number of nitrogens with one attached hydrogen (secondary N) is 2. The highest BCUT2D eigenvalue weighted by Gasteiger charge is 2.15. The zero-order valence-electron chi connectivity index (χ0n) is 20.2. The van der Waals surface area contributed by atoms with E-state index in [9.17, 15) is 4.79 Å². The van der Waals surface area contributed by atoms with Crippen molar-refractivity contribution in [3.05, 3.63) is 103 Å². The highest BCUT2D eigenvalue weighted by molar-refractivity contribution is 7.31. The largest absolute Gasteiger partial charge is 0.399 e. The number of hydrogen-bond acceptors (Lipinski definition) is 4. The average molecular weight is 509 g/mol. The minimum atomic E-state index is -1.76. The number of rotatable bonds is 5. The van der Waals surface area contributed by atoms with Crippen LogP contribution in [0.2, 0.25) is 0 Å². The number of amides is 2. The van der Waals surface area contributed by atoms with Crippen LogP contribution in [0.25, 0.3) is 43.5 Å². The summed E-state index contributed by atoms with van der Waals surface area (Å²) in [4.78, 5) is 12.4. The molecule has 5 aromatic carbocycles. The Balaban J connectivity index is 1.38. The van der Waals surface area contributed by atoms with Gasteiger partial charge in [-0.2, -0.15) is 0 Å². The summed E-state index contributed by atoms with van der Waals surface area (Å²) < 4.78 is 18.8. The van der Waals surface area contributed by atoms with Crippen molar-refractivity contribution in [2.24, 2.45) is 0 Å². The van der Waals surface area contributed by atoms with Gasteiger partial charge in [0.2, 0.25) is 0 Å². The molecule has 1 atom stereocenters. The first-order chi connectivity index (χ1) is 18.2. The molecule has 0 fully saturated rings. The molecule has 6 nitrogen and oxygen atoms in total. The third-order valence-corrected chi connectivity index (χ3v) is 7.27. The van der Waals surface area contributed by atoms with Crippen LogP contribution in [-0.2, 0) is 0 Å². The van der Waals surface area contributed by atoms with Crippen molar-refractivity contribution < 1.29 is 17.7 Å². The van der Waals surface area contributed by atoms with Gasteiger partial charge < -0.3 is 19.0 Å². The lowest BCUT2D eigenvalue weighted by Crippen LogP contribution is -2.39. The zero-order chi connectivity index (χ0) is 25.2. The highest BCUT2D eigenvalue weighted by Crippen LogP contribution is 2.40. The first-order valence-corrected chi connectivity index (χ1v) is 13.2. The third kappa shape index (κ3) is 4.77. The maximum Gasteiger partial charge on any atom is 0.387 e. The molecule has 1 aromatic heterocycles. The molecule has 0 aliphatic heterocycles. The van der Waals surface area contributed by atoms with Crippen LogP contribution >= 0.6 is 8.24 Å². The molecule has 0 bridgehead atoms. The number of hydrogen-bond donors (Lipinski definition) is 2. The van der Waals surface area contributed by atoms with Gasteiger partial charge in [-0.1, -0.05) is 78.9 Å². The number of fused-ring (bicyclic) bond motifs is 7. The predicted molar refractivity (Wildman–Crippen MR) is 151 cm³/mol. The van der Waals surface area contributed by atoms with Crippen molar-refractivity contribution in [3.8, 4) is 0 Å². The van der Waals surface area contributed by atoms with Gasteiger partial charge in [0.05, 0.1) is 12.6 Å². The molecule has 0 aliphatic carbocycles. The van der Waals surface area contributed by atoms with Crippen LogP contribution in [0.3, 0.4) is 0 Å². The quantitative estimate of drug-likeness (QED) is 0.246. The van der Waals surface area contributed by atoms with Crippen LogP contribution in [-0.4, -0.2) is 18.7 Å². The van der Waals surface area contributed by atoms with Gasteiger partial charge in [0.15, 0.2) is 0 Å². The standard InChI is InChI=1S/C30H25N2O4P/c1-20(31-30(33)32-23-11-3-2-4-12-23)19-34-37-35-26-17-15-21-9-5-7-13-24(21)28(26)29-25-14-8-6-10-22(25)16-18-27(29)36-37/h2-18,20H,19H2,1H3,(H2,31,32,33)/t20-/m1/s1. The van der Waals surface area contributed by atoms with Gasteiger partial charge >= 0.3 is 14.3 Å². The van der Waals surface area contributed by atoms with Crippen molar-refractivity contribution in [1.82, 2.24) is 5.32 Å². The Bertz CT molecular complexity index is 1680. The molecule has 2 amide bonds. The summed E-state index contributed by atoms with van der Waals surface area (Å²) in [5.74, 6) is 0. The van der Waals surface area contributed by atoms with Gasteiger partial charge in [-0.15, -0.1) is 0 Å². The van der Waals surface area contributed by atoms with Crippen LogP contribution in [0.4, 0.5) is 10.5 Å². The lowest BCUT2D eigenvalue weighted by Gasteiger charge is -2.13. The Hall–Kier alpha value is -4.25. The number of carbonyl (C=O) groups is 1. The summed E-state index contributed by atoms with van der Waals surface area (Å²) in [5.41, 5.74) is 2.14. The van der Waals surface area contributed by atoms with E-state index < -0.39 is 8.24 Å². The molecule has 7 heteroatoms. The number of para-hydroxylation sites is 1. The molecule has 0 spiro atoms. The summed E-state index contributed by atoms with van der Waals surface area (Å²) in [6, 6.07) is 33.3. The molecule has 184 valence electrons. The van der Waals surface area contributed by atoms with Crippen LogP contribution in [0, 0.1) is 0 Å². The molecule has 1 heterocycles. The van der Waals surface area contributed by atoms with E-state index in [-0.39, 0.29) is 18.7 Å². The minimum Gasteiger partial charge on any atom is -0.399 e. The minimum absolute atomic E-state index is 0.222. The summed E-state index contributed by atoms with van der Waals surface area (Å²) in [6.07, 6.45) is 0. The zero-order valence-corrected chi connectivity index (χ0v) is 21.1. The molecule has 6 aromatic rings. The van der Waals surface area contributed by atoms with Crippen molar-refractivity contribution >= 4 is 63.4 Å². The number of carbonyl (C=O) groups excluding carboxylic acids is 1. The van der Waals surface area contributed by atoms with Crippen molar-refractivity contribution in [3.63, 3.8) is 0 Å². The van der Waals surface area contributed by atoms with Gasteiger partial charge in [0.1, 0.15) is 11.2 Å². The summed E-state index contributed by atoms with van der Waals surface area (Å²) in [7, 11) is -1.76. The monoisotopic (exact) mass is 508 g/mol. The second-order valence-corrected chi connectivity index (χ2v) is 9.96. The summed E-state index contributed by atoms with van der Waals surface area (Å²) >= 11 is 0. The molecule has 2 N–H and O–H groups in total. The topological polar surface area (TPSA) is 76.6 Å². The first kappa shape index (κ1) is 23.2. The molecule has 0 saturated heterocycles. The maximum absolute atomic E-state index is 12.4. The fourth-order valence-electron chi connectivity index (χ4n) is 4.53. The van der Waals surface area contributed by atoms with E-state index in [2.05, 4.69) is 47.0 Å². The Morgan fingerprint density at radius 1 is 0.757 bits per heavy atom. The first-order valence-electron chi connectivity index (χ1n) is 12.1. The van der Waals surface area contributed by atoms with E-state index in [1.807, 2.05) is 73.7 Å². The van der Waals surface area contributed by atoms with Gasteiger partial charge in [-0.3, -0.25) is 4.52 Å². The second kappa shape index (κ2) is 10.0. The van der Waals surface area contributed by atoms with Crippen molar-refractivity contribution in [2.75, 3.05) is 11.9 Å². The van der Waals surface area contributed by atoms with Crippen LogP contribution < -0.4 is 15.2 Å². The summed E-state index contributed by atoms with van der Waals surface area (Å²) in [5, 5.41) is 12.1. The maximum atomic E-state index is 12.4. The van der Waals surface area contributed by atoms with Crippen molar-refractivity contribution in [2.45, 2.75) is 13.0 Å². The smallest absolute Gasteiger partial charge is 0.387 e. The normalized spacial score (nSPS) is 12.1. The molecular weight excluding hydrogens is 483 g/mol. The Labute approximate surface area is 214 Å². The lowest BCUT2D eigenvalue weighted by molar-refractivity contribution is 0.243. The summed E-state index contributed by atoms with van der Waals surface area (Å²) in [6.45, 7) is 2.10. The number of anilines is 1. The van der Waals surface area contributed by atoms with Crippen LogP contribution in [0.5, 0.6) is 0 Å². The van der Waals surface area contributed by atoms with Crippen LogP contribution in [0.15, 0.2) is 112 Å². The molecular formula is C30H25N2O4P. The Kier molecular flexibility index (Phi) is 6.27. The molecule has 0 radical (unpaired) electrons. The predicted octanol–water partition coefficient (Wildman–Crippen LogP) is 8.24. The second-order valence-electron chi connectivity index (χ2n) is 8.89. The SMILES string of the molecule is C[C@H](COp1oc2ccc3ccccc3c2c2c(ccc3ccccc32)o1)NC(=O)Nc1ccccc1. The molecule has 37 heavy (non-hydrogen) atoms. The van der Waals surface area contributed by atoms with E-state index in [1.165, 1.54) is 0 Å². The van der Waals surface area contributed by atoms with Crippen molar-refractivity contribution in [1.29, 1.82) is 0 Å². The lowest BCUT2D eigenvalue weighted by atomic mass is 9.99. The fourth-order valence-corrected chi connectivity index (χ4v) is 5.64. The Morgan fingerprint density at radius 3 is 1.89 bits per heavy atom. The Morgan fingerprint density at radius 2 is 1.30 bits per heavy atom. The fraction of sp³-hybridized carbons (Fsp3) is 0.100. The van der Waals surface area contributed by atoms with E-state index in [0.717, 1.165) is 38.0 Å². The van der Waals surface area contributed by atoms with Gasteiger partial charge in [0.25, 0.3) is 0 Å². The number of benzene rings is 5. The van der Waals surface area contributed by atoms with E-state index in [1.54, 1.807) is 0 Å². The highest BCUT2D eigenvalue weighted by atomic mass is 31.1.